The number of nitrogens with one attached hydrogen (secondary N) is 1. The summed E-state index contributed by atoms with van der Waals surface area (Å²) in [5, 5.41) is 2.83. The quantitative estimate of drug-likeness (QED) is 0.750. The maximum atomic E-state index is 13.1. The average Bonchev–Trinajstić information content (AvgIpc) is 2.92. The fourth-order valence-electron chi connectivity index (χ4n) is 3.59. The summed E-state index contributed by atoms with van der Waals surface area (Å²) >= 11 is 0. The lowest BCUT2D eigenvalue weighted by Gasteiger charge is -2.25. The monoisotopic (exact) mass is 393 g/mol. The van der Waals surface area contributed by atoms with Crippen LogP contribution in [0.25, 0.3) is 0 Å². The Bertz CT molecular complexity index is 921. The molecular formula is C23H27N3O3. The van der Waals surface area contributed by atoms with E-state index >= 15 is 0 Å². The molecule has 29 heavy (non-hydrogen) atoms. The first kappa shape index (κ1) is 20.6. The number of anilines is 2. The third-order valence-corrected chi connectivity index (χ3v) is 5.09. The van der Waals surface area contributed by atoms with Crippen molar-refractivity contribution >= 4 is 29.2 Å². The molecule has 0 bridgehead atoms. The number of aryl methyl sites for hydroxylation is 2. The van der Waals surface area contributed by atoms with Gasteiger partial charge in [0.15, 0.2) is 0 Å². The summed E-state index contributed by atoms with van der Waals surface area (Å²) in [6, 6.07) is 13.4. The molecule has 1 heterocycles. The topological polar surface area (TPSA) is 69.7 Å². The van der Waals surface area contributed by atoms with Crippen LogP contribution in [-0.4, -0.2) is 34.8 Å². The summed E-state index contributed by atoms with van der Waals surface area (Å²) in [7, 11) is 0. The Balaban J connectivity index is 1.79. The number of imide groups is 1. The second-order valence-corrected chi connectivity index (χ2v) is 7.61. The van der Waals surface area contributed by atoms with Crippen molar-refractivity contribution < 1.29 is 14.4 Å². The molecule has 2 aromatic rings. The van der Waals surface area contributed by atoms with Crippen LogP contribution in [0, 0.1) is 6.92 Å². The van der Waals surface area contributed by atoms with Crippen LogP contribution in [-0.2, 0) is 16.0 Å². The molecule has 0 saturated carbocycles. The second-order valence-electron chi connectivity index (χ2n) is 7.61. The molecule has 152 valence electrons. The first-order chi connectivity index (χ1) is 13.8. The van der Waals surface area contributed by atoms with Gasteiger partial charge in [0, 0.05) is 11.7 Å². The Kier molecular flexibility index (Phi) is 6.01. The van der Waals surface area contributed by atoms with E-state index in [1.807, 2.05) is 57.2 Å². The number of rotatable bonds is 6. The van der Waals surface area contributed by atoms with Gasteiger partial charge in [-0.25, -0.2) is 9.69 Å². The van der Waals surface area contributed by atoms with Crippen molar-refractivity contribution in [3.8, 4) is 0 Å². The Morgan fingerprint density at radius 1 is 1.10 bits per heavy atom. The summed E-state index contributed by atoms with van der Waals surface area (Å²) in [5.74, 6) is -0.664. The molecule has 1 saturated heterocycles. The predicted molar refractivity (Wildman–Crippen MR) is 114 cm³/mol. The van der Waals surface area contributed by atoms with E-state index in [9.17, 15) is 14.4 Å². The lowest BCUT2D eigenvalue weighted by Crippen LogP contribution is -2.42. The van der Waals surface area contributed by atoms with Crippen molar-refractivity contribution in [1.82, 2.24) is 4.90 Å². The molecule has 0 unspecified atom stereocenters. The normalized spacial score (nSPS) is 16.7. The van der Waals surface area contributed by atoms with Crippen LogP contribution >= 0.6 is 0 Å². The Morgan fingerprint density at radius 2 is 1.79 bits per heavy atom. The van der Waals surface area contributed by atoms with Gasteiger partial charge in [-0.1, -0.05) is 31.2 Å². The fraction of sp³-hybridized carbons (Fsp3) is 0.348. The van der Waals surface area contributed by atoms with Gasteiger partial charge in [0.2, 0.25) is 5.91 Å². The molecule has 3 rings (SSSR count). The van der Waals surface area contributed by atoms with Gasteiger partial charge in [-0.15, -0.1) is 0 Å². The maximum absolute atomic E-state index is 13.1. The van der Waals surface area contributed by atoms with E-state index in [1.54, 1.807) is 12.1 Å². The maximum Gasteiger partial charge on any atom is 0.332 e. The van der Waals surface area contributed by atoms with Crippen LogP contribution in [0.2, 0.25) is 0 Å². The first-order valence-electron chi connectivity index (χ1n) is 9.93. The number of hydrogen-bond donors (Lipinski definition) is 1. The molecule has 1 aliphatic rings. The molecule has 4 amide bonds. The van der Waals surface area contributed by atoms with E-state index < -0.39 is 6.04 Å². The number of carbonyl (C=O) groups excluding carboxylic acids is 3. The van der Waals surface area contributed by atoms with Gasteiger partial charge in [-0.3, -0.25) is 9.59 Å². The van der Waals surface area contributed by atoms with Crippen molar-refractivity contribution in [1.29, 1.82) is 0 Å². The highest BCUT2D eigenvalue weighted by atomic mass is 16.2. The van der Waals surface area contributed by atoms with E-state index in [-0.39, 0.29) is 30.3 Å². The van der Waals surface area contributed by atoms with Crippen molar-refractivity contribution in [2.75, 3.05) is 10.2 Å². The zero-order valence-corrected chi connectivity index (χ0v) is 17.3. The van der Waals surface area contributed by atoms with Gasteiger partial charge < -0.3 is 10.2 Å². The summed E-state index contributed by atoms with van der Waals surface area (Å²) in [6.45, 7) is 7.67. The highest BCUT2D eigenvalue weighted by Gasteiger charge is 2.47. The first-order valence-corrected chi connectivity index (χ1v) is 9.93. The van der Waals surface area contributed by atoms with E-state index in [4.69, 9.17) is 0 Å². The standard InChI is InChI=1S/C23H27N3O3/c1-5-17-9-11-18(12-10-17)24-21(27)14-20-22(28)26(23(29)25(20)15(2)3)19-8-6-7-16(4)13-19/h6-13,15,20H,5,14H2,1-4H3,(H,24,27)/t20-/m0/s1. The fourth-order valence-corrected chi connectivity index (χ4v) is 3.59. The van der Waals surface area contributed by atoms with Crippen LogP contribution in [0.4, 0.5) is 16.2 Å². The number of nitrogens with zero attached hydrogens (tertiary/aromatic N) is 2. The smallest absolute Gasteiger partial charge is 0.326 e. The summed E-state index contributed by atoms with van der Waals surface area (Å²) < 4.78 is 0. The zero-order valence-electron chi connectivity index (χ0n) is 17.3. The summed E-state index contributed by atoms with van der Waals surface area (Å²) in [6.07, 6.45) is 0.839. The minimum atomic E-state index is -0.821. The third-order valence-electron chi connectivity index (χ3n) is 5.09. The van der Waals surface area contributed by atoms with Crippen LogP contribution in [0.5, 0.6) is 0 Å². The molecule has 6 heteroatoms. The Hall–Kier alpha value is -3.15. The van der Waals surface area contributed by atoms with Gasteiger partial charge in [0.25, 0.3) is 5.91 Å². The van der Waals surface area contributed by atoms with E-state index in [2.05, 4.69) is 12.2 Å². The largest absolute Gasteiger partial charge is 0.332 e. The lowest BCUT2D eigenvalue weighted by molar-refractivity contribution is -0.124. The lowest BCUT2D eigenvalue weighted by atomic mass is 10.1. The molecule has 1 aliphatic heterocycles. The Labute approximate surface area is 171 Å². The molecule has 0 radical (unpaired) electrons. The van der Waals surface area contributed by atoms with E-state index in [0.717, 1.165) is 12.0 Å². The van der Waals surface area contributed by atoms with Gasteiger partial charge in [0.05, 0.1) is 12.1 Å². The van der Waals surface area contributed by atoms with E-state index in [1.165, 1.54) is 15.4 Å². The zero-order chi connectivity index (χ0) is 21.1. The van der Waals surface area contributed by atoms with Crippen molar-refractivity contribution in [3.63, 3.8) is 0 Å². The van der Waals surface area contributed by atoms with Crippen LogP contribution in [0.15, 0.2) is 48.5 Å². The predicted octanol–water partition coefficient (Wildman–Crippen LogP) is 4.13. The number of hydrogen-bond acceptors (Lipinski definition) is 3. The Morgan fingerprint density at radius 3 is 2.38 bits per heavy atom. The minimum Gasteiger partial charge on any atom is -0.326 e. The molecule has 1 fully saturated rings. The van der Waals surface area contributed by atoms with Crippen LogP contribution in [0.3, 0.4) is 0 Å². The molecular weight excluding hydrogens is 366 g/mol. The van der Waals surface area contributed by atoms with Crippen molar-refractivity contribution in [2.45, 2.75) is 52.6 Å². The molecule has 1 atom stereocenters. The average molecular weight is 393 g/mol. The highest BCUT2D eigenvalue weighted by molar-refractivity contribution is 6.22. The molecule has 6 nitrogen and oxygen atoms in total. The third kappa shape index (κ3) is 4.31. The number of carbonyl (C=O) groups is 3. The summed E-state index contributed by atoms with van der Waals surface area (Å²) in [5.41, 5.74) is 3.34. The molecule has 2 aromatic carbocycles. The minimum absolute atomic E-state index is 0.0827. The SMILES string of the molecule is CCc1ccc(NC(=O)C[C@H]2C(=O)N(c3cccc(C)c3)C(=O)N2C(C)C)cc1. The molecule has 0 aromatic heterocycles. The molecule has 0 spiro atoms. The van der Waals surface area contributed by atoms with Crippen LogP contribution in [0.1, 0.15) is 38.3 Å². The van der Waals surface area contributed by atoms with Crippen LogP contribution < -0.4 is 10.2 Å². The van der Waals surface area contributed by atoms with E-state index in [0.29, 0.717) is 11.4 Å². The number of urea groups is 1. The van der Waals surface area contributed by atoms with Gasteiger partial charge >= 0.3 is 6.03 Å². The van der Waals surface area contributed by atoms with Gasteiger partial charge in [0.1, 0.15) is 6.04 Å². The number of benzene rings is 2. The van der Waals surface area contributed by atoms with Gasteiger partial charge in [-0.2, -0.15) is 0 Å². The van der Waals surface area contributed by atoms with Crippen molar-refractivity contribution in [3.05, 3.63) is 59.7 Å². The van der Waals surface area contributed by atoms with Crippen molar-refractivity contribution in [2.24, 2.45) is 0 Å². The highest BCUT2D eigenvalue weighted by Crippen LogP contribution is 2.29. The summed E-state index contributed by atoms with van der Waals surface area (Å²) in [4.78, 5) is 41.4. The molecule has 0 aliphatic carbocycles. The van der Waals surface area contributed by atoms with Gasteiger partial charge in [-0.05, 0) is 62.6 Å². The number of amides is 4. The molecule has 1 N–H and O–H groups in total. The second kappa shape index (κ2) is 8.47.